The van der Waals surface area contributed by atoms with E-state index >= 15 is 0 Å². The van der Waals surface area contributed by atoms with E-state index in [0.29, 0.717) is 0 Å². The summed E-state index contributed by atoms with van der Waals surface area (Å²) in [6, 6.07) is 0. The second-order valence-corrected chi connectivity index (χ2v) is 2.03. The van der Waals surface area contributed by atoms with E-state index in [1.807, 2.05) is 0 Å². The molecule has 0 aromatic heterocycles. The van der Waals surface area contributed by atoms with Gasteiger partial charge >= 0.3 is 18.2 Å². The zero-order valence-electron chi connectivity index (χ0n) is 6.41. The molecule has 3 nitrogen and oxygen atoms in total. The molecule has 0 aliphatic carbocycles. The van der Waals surface area contributed by atoms with Crippen LogP contribution in [0.25, 0.3) is 0 Å². The lowest BCUT2D eigenvalue weighted by atomic mass is 10.3. The van der Waals surface area contributed by atoms with Crippen molar-refractivity contribution in [2.45, 2.75) is 12.1 Å². The van der Waals surface area contributed by atoms with Gasteiger partial charge in [-0.1, -0.05) is 0 Å². The Balaban J connectivity index is 4.12. The fourth-order valence-corrected chi connectivity index (χ4v) is 0.310. The van der Waals surface area contributed by atoms with E-state index in [4.69, 9.17) is 0 Å². The molecule has 0 atom stereocenters. The molecule has 13 heavy (non-hydrogen) atoms. The predicted octanol–water partition coefficient (Wildman–Crippen LogP) is 1.54. The SMILES string of the molecule is CNC(=O)OCC(F)(F)C(F)(F)F. The summed E-state index contributed by atoms with van der Waals surface area (Å²) in [6.45, 7) is -2.02. The molecule has 0 aromatic rings. The number of nitrogens with one attached hydrogen (secondary N) is 1. The quantitative estimate of drug-likeness (QED) is 0.697. The highest BCUT2D eigenvalue weighted by atomic mass is 19.4. The van der Waals surface area contributed by atoms with Crippen molar-refractivity contribution in [1.82, 2.24) is 5.32 Å². The molecule has 0 saturated heterocycles. The van der Waals surface area contributed by atoms with Gasteiger partial charge in [0, 0.05) is 7.05 Å². The average molecular weight is 207 g/mol. The van der Waals surface area contributed by atoms with E-state index in [1.165, 1.54) is 0 Å². The van der Waals surface area contributed by atoms with Gasteiger partial charge in [-0.2, -0.15) is 22.0 Å². The van der Waals surface area contributed by atoms with Gasteiger partial charge in [-0.3, -0.25) is 0 Å². The molecule has 78 valence electrons. The summed E-state index contributed by atoms with van der Waals surface area (Å²) in [4.78, 5) is 10.2. The summed E-state index contributed by atoms with van der Waals surface area (Å²) in [5.74, 6) is -5.01. The highest BCUT2D eigenvalue weighted by Crippen LogP contribution is 2.35. The van der Waals surface area contributed by atoms with E-state index in [0.717, 1.165) is 7.05 Å². The molecule has 1 amide bonds. The molecular weight excluding hydrogens is 201 g/mol. The molecule has 0 heterocycles. The molecule has 0 saturated carbocycles. The number of hydrogen-bond acceptors (Lipinski definition) is 2. The molecule has 1 N–H and O–H groups in total. The summed E-state index contributed by atoms with van der Waals surface area (Å²) >= 11 is 0. The predicted molar refractivity (Wildman–Crippen MR) is 31.4 cm³/mol. The van der Waals surface area contributed by atoms with Gasteiger partial charge in [0.15, 0.2) is 6.61 Å². The summed E-state index contributed by atoms with van der Waals surface area (Å²) in [6.07, 6.45) is -7.05. The van der Waals surface area contributed by atoms with Crippen molar-refractivity contribution < 1.29 is 31.5 Å². The number of amides is 1. The number of carbonyl (C=O) groups excluding carboxylic acids is 1. The van der Waals surface area contributed by atoms with Gasteiger partial charge in [-0.05, 0) is 0 Å². The summed E-state index contributed by atoms with van der Waals surface area (Å²) < 4.78 is 61.8. The van der Waals surface area contributed by atoms with Crippen LogP contribution in [0, 0.1) is 0 Å². The van der Waals surface area contributed by atoms with Gasteiger partial charge < -0.3 is 10.1 Å². The van der Waals surface area contributed by atoms with Crippen LogP contribution in [0.15, 0.2) is 0 Å². The minimum absolute atomic E-state index is 1.04. The molecule has 0 bridgehead atoms. The first-order valence-electron chi connectivity index (χ1n) is 3.00. The smallest absolute Gasteiger partial charge is 0.443 e. The average Bonchev–Trinajstić information content (AvgIpc) is 1.98. The first-order valence-corrected chi connectivity index (χ1v) is 3.00. The molecule has 0 fully saturated rings. The first-order chi connectivity index (χ1) is 5.70. The molecule has 0 rings (SSSR count). The van der Waals surface area contributed by atoms with Gasteiger partial charge in [0.1, 0.15) is 0 Å². The van der Waals surface area contributed by atoms with Gasteiger partial charge in [-0.25, -0.2) is 4.79 Å². The van der Waals surface area contributed by atoms with Gasteiger partial charge in [-0.15, -0.1) is 0 Å². The van der Waals surface area contributed by atoms with Crippen molar-refractivity contribution >= 4 is 6.09 Å². The lowest BCUT2D eigenvalue weighted by Gasteiger charge is -2.18. The monoisotopic (exact) mass is 207 g/mol. The van der Waals surface area contributed by atoms with Crippen LogP contribution < -0.4 is 5.32 Å². The lowest BCUT2D eigenvalue weighted by molar-refractivity contribution is -0.291. The fourth-order valence-electron chi connectivity index (χ4n) is 0.310. The van der Waals surface area contributed by atoms with Crippen molar-refractivity contribution in [1.29, 1.82) is 0 Å². The Morgan fingerprint density at radius 1 is 1.31 bits per heavy atom. The molecule has 8 heteroatoms. The Bertz CT molecular complexity index is 190. The summed E-state index contributed by atoms with van der Waals surface area (Å²) in [7, 11) is 1.04. The molecule has 0 aliphatic rings. The number of hydrogen-bond donors (Lipinski definition) is 1. The minimum atomic E-state index is -5.71. The molecular formula is C5H6F5NO2. The maximum atomic E-state index is 12.0. The maximum absolute atomic E-state index is 12.0. The van der Waals surface area contributed by atoms with E-state index in [1.54, 1.807) is 5.32 Å². The number of carbonyl (C=O) groups is 1. The van der Waals surface area contributed by atoms with E-state index in [9.17, 15) is 26.7 Å². The number of halogens is 5. The zero-order chi connectivity index (χ0) is 10.7. The molecule has 0 radical (unpaired) electrons. The van der Waals surface area contributed by atoms with Crippen molar-refractivity contribution in [3.8, 4) is 0 Å². The van der Waals surface area contributed by atoms with Crippen LogP contribution in [0.2, 0.25) is 0 Å². The molecule has 0 unspecified atom stereocenters. The van der Waals surface area contributed by atoms with Gasteiger partial charge in [0.25, 0.3) is 0 Å². The Morgan fingerprint density at radius 3 is 2.08 bits per heavy atom. The Hall–Kier alpha value is -1.08. The summed E-state index contributed by atoms with van der Waals surface area (Å²) in [5.41, 5.74) is 0. The van der Waals surface area contributed by atoms with Crippen LogP contribution in [0.4, 0.5) is 26.7 Å². The molecule has 0 spiro atoms. The summed E-state index contributed by atoms with van der Waals surface area (Å²) in [5, 5.41) is 1.73. The van der Waals surface area contributed by atoms with Crippen LogP contribution in [-0.2, 0) is 4.74 Å². The highest BCUT2D eigenvalue weighted by molar-refractivity contribution is 5.66. The van der Waals surface area contributed by atoms with Crippen molar-refractivity contribution in [2.24, 2.45) is 0 Å². The van der Waals surface area contributed by atoms with Crippen LogP contribution in [0.1, 0.15) is 0 Å². The third-order valence-electron chi connectivity index (χ3n) is 1.00. The standard InChI is InChI=1S/C5H6F5NO2/c1-11-3(12)13-2-4(6,7)5(8,9)10/h2H2,1H3,(H,11,12). The highest BCUT2D eigenvalue weighted by Gasteiger charge is 2.58. The number of ether oxygens (including phenoxy) is 1. The van der Waals surface area contributed by atoms with Gasteiger partial charge in [0.05, 0.1) is 0 Å². The second-order valence-electron chi connectivity index (χ2n) is 2.03. The fraction of sp³-hybridized carbons (Fsp3) is 0.800. The Morgan fingerprint density at radius 2 is 1.77 bits per heavy atom. The molecule has 0 aromatic carbocycles. The van der Waals surface area contributed by atoms with Crippen molar-refractivity contribution in [3.63, 3.8) is 0 Å². The molecule has 0 aliphatic heterocycles. The number of rotatable bonds is 2. The van der Waals surface area contributed by atoms with Crippen molar-refractivity contribution in [2.75, 3.05) is 13.7 Å². The minimum Gasteiger partial charge on any atom is -0.443 e. The van der Waals surface area contributed by atoms with Crippen LogP contribution in [0.5, 0.6) is 0 Å². The normalized spacial score (nSPS) is 12.5. The lowest BCUT2D eigenvalue weighted by Crippen LogP contribution is -2.42. The first kappa shape index (κ1) is 11.9. The van der Waals surface area contributed by atoms with Crippen molar-refractivity contribution in [3.05, 3.63) is 0 Å². The van der Waals surface area contributed by atoms with Crippen LogP contribution >= 0.6 is 0 Å². The number of alkyl carbamates (subject to hydrolysis) is 1. The third kappa shape index (κ3) is 3.43. The Labute approximate surface area is 69.9 Å². The largest absolute Gasteiger partial charge is 0.456 e. The van der Waals surface area contributed by atoms with E-state index in [-0.39, 0.29) is 0 Å². The number of alkyl halides is 5. The zero-order valence-corrected chi connectivity index (χ0v) is 6.41. The van der Waals surface area contributed by atoms with E-state index in [2.05, 4.69) is 4.74 Å². The maximum Gasteiger partial charge on any atom is 0.456 e. The Kier molecular flexibility index (Phi) is 3.44. The third-order valence-corrected chi connectivity index (χ3v) is 1.00. The van der Waals surface area contributed by atoms with Crippen LogP contribution in [0.3, 0.4) is 0 Å². The second kappa shape index (κ2) is 3.75. The van der Waals surface area contributed by atoms with E-state index < -0.39 is 24.8 Å². The topological polar surface area (TPSA) is 38.3 Å². The van der Waals surface area contributed by atoms with Gasteiger partial charge in [0.2, 0.25) is 0 Å². The van der Waals surface area contributed by atoms with Crippen LogP contribution in [-0.4, -0.2) is 31.8 Å².